The van der Waals surface area contributed by atoms with Crippen molar-refractivity contribution >= 4 is 17.7 Å². The zero-order valence-corrected chi connectivity index (χ0v) is 15.4. The molecule has 0 aliphatic carbocycles. The molecule has 142 valence electrons. The van der Waals surface area contributed by atoms with Crippen LogP contribution in [0.4, 0.5) is 13.2 Å². The fourth-order valence-corrected chi connectivity index (χ4v) is 2.18. The predicted molar refractivity (Wildman–Crippen MR) is 95.7 cm³/mol. The number of methoxy groups -OCH3 is 1. The Hall–Kier alpha value is -1.77. The monoisotopic (exact) mass is 379 g/mol. The van der Waals surface area contributed by atoms with Crippen molar-refractivity contribution in [3.63, 3.8) is 0 Å². The average Bonchev–Trinajstić information content (AvgIpc) is 2.57. The third-order valence-electron chi connectivity index (χ3n) is 2.98. The normalized spacial score (nSPS) is 12.0. The predicted octanol–water partition coefficient (Wildman–Crippen LogP) is 3.05. The van der Waals surface area contributed by atoms with E-state index in [4.69, 9.17) is 9.47 Å². The van der Waals surface area contributed by atoms with Gasteiger partial charge in [-0.1, -0.05) is 6.07 Å². The molecule has 0 aromatic heterocycles. The third-order valence-corrected chi connectivity index (χ3v) is 3.59. The minimum Gasteiger partial charge on any atom is -0.493 e. The number of nitrogens with one attached hydrogen (secondary N) is 2. The SMILES string of the molecule is CCNC(=NCc1ccc(OCC(F)(F)F)c(OC)c1)NCCSC. The molecule has 0 unspecified atom stereocenters. The highest BCUT2D eigenvalue weighted by Crippen LogP contribution is 2.30. The molecule has 0 fully saturated rings. The Morgan fingerprint density at radius 3 is 2.60 bits per heavy atom. The lowest BCUT2D eigenvalue weighted by molar-refractivity contribution is -0.153. The van der Waals surface area contributed by atoms with Crippen LogP contribution >= 0.6 is 11.8 Å². The number of hydrogen-bond donors (Lipinski definition) is 2. The molecule has 0 amide bonds. The van der Waals surface area contributed by atoms with Gasteiger partial charge in [-0.25, -0.2) is 4.99 Å². The van der Waals surface area contributed by atoms with Crippen molar-refractivity contribution in [1.82, 2.24) is 10.6 Å². The summed E-state index contributed by atoms with van der Waals surface area (Å²) in [5.74, 6) is 1.95. The van der Waals surface area contributed by atoms with E-state index in [2.05, 4.69) is 15.6 Å². The van der Waals surface area contributed by atoms with Gasteiger partial charge in [-0.15, -0.1) is 0 Å². The molecule has 0 saturated heterocycles. The molecule has 0 aliphatic heterocycles. The first-order valence-corrected chi connectivity index (χ1v) is 9.16. The number of halogens is 3. The second kappa shape index (κ2) is 11.0. The van der Waals surface area contributed by atoms with Gasteiger partial charge in [-0.3, -0.25) is 0 Å². The maximum absolute atomic E-state index is 12.3. The van der Waals surface area contributed by atoms with Gasteiger partial charge in [0.25, 0.3) is 0 Å². The Morgan fingerprint density at radius 1 is 1.24 bits per heavy atom. The lowest BCUT2D eigenvalue weighted by Gasteiger charge is -2.14. The number of nitrogens with zero attached hydrogens (tertiary/aromatic N) is 1. The largest absolute Gasteiger partial charge is 0.493 e. The summed E-state index contributed by atoms with van der Waals surface area (Å²) in [6.07, 6.45) is -2.36. The van der Waals surface area contributed by atoms with E-state index < -0.39 is 12.8 Å². The number of hydrogen-bond acceptors (Lipinski definition) is 4. The van der Waals surface area contributed by atoms with Gasteiger partial charge in [0.05, 0.1) is 13.7 Å². The number of aliphatic imine (C=N–C) groups is 1. The molecule has 2 N–H and O–H groups in total. The summed E-state index contributed by atoms with van der Waals surface area (Å²) in [5.41, 5.74) is 0.804. The van der Waals surface area contributed by atoms with Crippen molar-refractivity contribution in [3.8, 4) is 11.5 Å². The van der Waals surface area contributed by atoms with Crippen LogP contribution in [-0.2, 0) is 6.54 Å². The van der Waals surface area contributed by atoms with Crippen LogP contribution < -0.4 is 20.1 Å². The van der Waals surface area contributed by atoms with Crippen LogP contribution in [0.25, 0.3) is 0 Å². The molecule has 1 aromatic carbocycles. The molecule has 0 aliphatic rings. The molecular weight excluding hydrogens is 355 g/mol. The van der Waals surface area contributed by atoms with E-state index in [0.717, 1.165) is 24.4 Å². The molecule has 0 spiro atoms. The summed E-state index contributed by atoms with van der Waals surface area (Å²) < 4.78 is 46.7. The fraction of sp³-hybridized carbons (Fsp3) is 0.562. The van der Waals surface area contributed by atoms with E-state index in [9.17, 15) is 13.2 Å². The first-order chi connectivity index (χ1) is 11.9. The second-order valence-electron chi connectivity index (χ2n) is 5.00. The molecule has 9 heteroatoms. The molecule has 5 nitrogen and oxygen atoms in total. The molecule has 1 rings (SSSR count). The summed E-state index contributed by atoms with van der Waals surface area (Å²) in [6, 6.07) is 4.76. The van der Waals surface area contributed by atoms with Gasteiger partial charge >= 0.3 is 6.18 Å². The van der Waals surface area contributed by atoms with E-state index in [-0.39, 0.29) is 11.5 Å². The first kappa shape index (κ1) is 21.3. The number of ether oxygens (including phenoxy) is 2. The standard InChI is InChI=1S/C16H24F3N3O2S/c1-4-20-15(21-7-8-25-3)22-10-12-5-6-13(14(9-12)23-2)24-11-16(17,18)19/h5-6,9H,4,7-8,10-11H2,1-3H3,(H2,20,21,22). The minimum absolute atomic E-state index is 0.0533. The summed E-state index contributed by atoms with van der Waals surface area (Å²) in [7, 11) is 1.39. The summed E-state index contributed by atoms with van der Waals surface area (Å²) in [5, 5.41) is 6.34. The topological polar surface area (TPSA) is 54.9 Å². The van der Waals surface area contributed by atoms with Crippen molar-refractivity contribution in [2.24, 2.45) is 4.99 Å². The molecule has 0 saturated carbocycles. The van der Waals surface area contributed by atoms with Crippen LogP contribution in [0.15, 0.2) is 23.2 Å². The maximum atomic E-state index is 12.3. The fourth-order valence-electron chi connectivity index (χ4n) is 1.87. The third kappa shape index (κ3) is 8.76. The van der Waals surface area contributed by atoms with Crippen LogP contribution in [0.5, 0.6) is 11.5 Å². The van der Waals surface area contributed by atoms with Crippen LogP contribution in [0.2, 0.25) is 0 Å². The average molecular weight is 379 g/mol. The van der Waals surface area contributed by atoms with Gasteiger partial charge in [0.15, 0.2) is 24.1 Å². The van der Waals surface area contributed by atoms with Gasteiger partial charge in [0.1, 0.15) is 0 Å². The molecule has 0 radical (unpaired) electrons. The summed E-state index contributed by atoms with van der Waals surface area (Å²) in [6.45, 7) is 2.51. The lowest BCUT2D eigenvalue weighted by Crippen LogP contribution is -2.38. The van der Waals surface area contributed by atoms with Crippen molar-refractivity contribution in [2.45, 2.75) is 19.6 Å². The molecule has 25 heavy (non-hydrogen) atoms. The molecule has 0 bridgehead atoms. The van der Waals surface area contributed by atoms with E-state index in [1.165, 1.54) is 13.2 Å². The van der Waals surface area contributed by atoms with Gasteiger partial charge in [0, 0.05) is 18.8 Å². The van der Waals surface area contributed by atoms with Crippen molar-refractivity contribution in [1.29, 1.82) is 0 Å². The van der Waals surface area contributed by atoms with Gasteiger partial charge < -0.3 is 20.1 Å². The van der Waals surface area contributed by atoms with E-state index in [1.807, 2.05) is 13.2 Å². The van der Waals surface area contributed by atoms with Crippen LogP contribution in [0, 0.1) is 0 Å². The zero-order valence-electron chi connectivity index (χ0n) is 14.6. The van der Waals surface area contributed by atoms with Gasteiger partial charge in [-0.2, -0.15) is 24.9 Å². The Labute approximate surface area is 150 Å². The summed E-state index contributed by atoms with van der Waals surface area (Å²) in [4.78, 5) is 4.45. The first-order valence-electron chi connectivity index (χ1n) is 7.77. The highest BCUT2D eigenvalue weighted by Gasteiger charge is 2.29. The molecular formula is C16H24F3N3O2S. The van der Waals surface area contributed by atoms with Crippen LogP contribution in [0.3, 0.4) is 0 Å². The second-order valence-corrected chi connectivity index (χ2v) is 5.99. The highest BCUT2D eigenvalue weighted by atomic mass is 32.2. The highest BCUT2D eigenvalue weighted by molar-refractivity contribution is 7.98. The molecule has 1 aromatic rings. The Balaban J connectivity index is 2.75. The smallest absolute Gasteiger partial charge is 0.422 e. The number of rotatable bonds is 9. The van der Waals surface area contributed by atoms with Crippen molar-refractivity contribution in [2.75, 3.05) is 38.8 Å². The van der Waals surface area contributed by atoms with Gasteiger partial charge in [0.2, 0.25) is 0 Å². The quantitative estimate of drug-likeness (QED) is 0.392. The van der Waals surface area contributed by atoms with Crippen molar-refractivity contribution in [3.05, 3.63) is 23.8 Å². The lowest BCUT2D eigenvalue weighted by atomic mass is 10.2. The van der Waals surface area contributed by atoms with Crippen LogP contribution in [-0.4, -0.2) is 51.0 Å². The number of alkyl halides is 3. The Kier molecular flexibility index (Phi) is 9.33. The maximum Gasteiger partial charge on any atom is 0.422 e. The van der Waals surface area contributed by atoms with Crippen LogP contribution in [0.1, 0.15) is 12.5 Å². The number of thioether (sulfide) groups is 1. The zero-order chi connectivity index (χ0) is 18.7. The molecule has 0 heterocycles. The summed E-state index contributed by atoms with van der Waals surface area (Å²) >= 11 is 1.73. The van der Waals surface area contributed by atoms with E-state index in [1.54, 1.807) is 23.9 Å². The van der Waals surface area contributed by atoms with Crippen molar-refractivity contribution < 1.29 is 22.6 Å². The molecule has 0 atom stereocenters. The number of guanidine groups is 1. The van der Waals surface area contributed by atoms with E-state index in [0.29, 0.717) is 12.5 Å². The number of benzene rings is 1. The Bertz CT molecular complexity index is 554. The Morgan fingerprint density at radius 2 is 2.00 bits per heavy atom. The van der Waals surface area contributed by atoms with E-state index >= 15 is 0 Å². The van der Waals surface area contributed by atoms with Gasteiger partial charge in [-0.05, 0) is 30.9 Å². The minimum atomic E-state index is -4.39.